The average Bonchev–Trinajstić information content (AvgIpc) is 3.03. The SMILES string of the molecule is O=c1cc(N2CCOCC2)cnn1CCCC1CCCN1. The Kier molecular flexibility index (Phi) is 4.87. The van der Waals surface area contributed by atoms with Crippen LogP contribution in [0.3, 0.4) is 0 Å². The van der Waals surface area contributed by atoms with Crippen LogP contribution in [-0.2, 0) is 11.3 Å². The number of hydrogen-bond donors (Lipinski definition) is 1. The van der Waals surface area contributed by atoms with E-state index in [2.05, 4.69) is 15.3 Å². The van der Waals surface area contributed by atoms with E-state index in [1.54, 1.807) is 16.9 Å². The molecule has 0 aliphatic carbocycles. The standard InChI is InChI=1S/C15H24N4O2/c20-15-11-14(18-7-9-21-10-8-18)12-17-19(15)6-2-4-13-3-1-5-16-13/h11-13,16H,1-10H2. The molecule has 0 saturated carbocycles. The van der Waals surface area contributed by atoms with E-state index in [0.717, 1.165) is 51.4 Å². The van der Waals surface area contributed by atoms with Crippen LogP contribution in [0.4, 0.5) is 5.69 Å². The van der Waals surface area contributed by atoms with Crippen molar-refractivity contribution >= 4 is 5.69 Å². The van der Waals surface area contributed by atoms with Gasteiger partial charge in [0, 0.05) is 31.7 Å². The quantitative estimate of drug-likeness (QED) is 0.862. The maximum atomic E-state index is 12.1. The van der Waals surface area contributed by atoms with Crippen molar-refractivity contribution in [2.75, 3.05) is 37.7 Å². The third-order valence-electron chi connectivity index (χ3n) is 4.32. The minimum absolute atomic E-state index is 0.00151. The number of aryl methyl sites for hydroxylation is 1. The highest BCUT2D eigenvalue weighted by Crippen LogP contribution is 2.13. The Morgan fingerprint density at radius 2 is 2.24 bits per heavy atom. The highest BCUT2D eigenvalue weighted by atomic mass is 16.5. The summed E-state index contributed by atoms with van der Waals surface area (Å²) < 4.78 is 6.91. The Labute approximate surface area is 125 Å². The first-order chi connectivity index (χ1) is 10.3. The normalized spacial score (nSPS) is 22.7. The van der Waals surface area contributed by atoms with Gasteiger partial charge in [0.2, 0.25) is 0 Å². The molecule has 0 aromatic carbocycles. The molecule has 1 unspecified atom stereocenters. The van der Waals surface area contributed by atoms with Crippen molar-refractivity contribution < 1.29 is 4.74 Å². The van der Waals surface area contributed by atoms with Gasteiger partial charge in [0.05, 0.1) is 25.1 Å². The molecule has 1 aromatic rings. The summed E-state index contributed by atoms with van der Waals surface area (Å²) in [5.74, 6) is 0. The van der Waals surface area contributed by atoms with Gasteiger partial charge in [-0.2, -0.15) is 5.10 Å². The number of morpholine rings is 1. The molecule has 2 aliphatic rings. The average molecular weight is 292 g/mol. The zero-order chi connectivity index (χ0) is 14.5. The van der Waals surface area contributed by atoms with Crippen LogP contribution in [-0.4, -0.2) is 48.7 Å². The lowest BCUT2D eigenvalue weighted by molar-refractivity contribution is 0.122. The van der Waals surface area contributed by atoms with E-state index in [0.29, 0.717) is 12.6 Å². The van der Waals surface area contributed by atoms with E-state index in [1.165, 1.54) is 12.8 Å². The Morgan fingerprint density at radius 1 is 1.38 bits per heavy atom. The second-order valence-corrected chi connectivity index (χ2v) is 5.81. The van der Waals surface area contributed by atoms with Gasteiger partial charge in [0.1, 0.15) is 0 Å². The number of aromatic nitrogens is 2. The van der Waals surface area contributed by atoms with E-state index in [-0.39, 0.29) is 5.56 Å². The Bertz CT molecular complexity index is 505. The molecule has 3 heterocycles. The number of nitrogens with zero attached hydrogens (tertiary/aromatic N) is 3. The molecule has 1 N–H and O–H groups in total. The van der Waals surface area contributed by atoms with Gasteiger partial charge in [-0.3, -0.25) is 4.79 Å². The van der Waals surface area contributed by atoms with Gasteiger partial charge >= 0.3 is 0 Å². The summed E-state index contributed by atoms with van der Waals surface area (Å²) in [6.45, 7) is 4.95. The van der Waals surface area contributed by atoms with Crippen LogP contribution in [0.2, 0.25) is 0 Å². The Morgan fingerprint density at radius 3 is 2.95 bits per heavy atom. The molecule has 1 aromatic heterocycles. The molecular formula is C15H24N4O2. The van der Waals surface area contributed by atoms with Crippen molar-refractivity contribution in [3.63, 3.8) is 0 Å². The van der Waals surface area contributed by atoms with Crippen molar-refractivity contribution in [3.8, 4) is 0 Å². The molecule has 1 atom stereocenters. The largest absolute Gasteiger partial charge is 0.378 e. The van der Waals surface area contributed by atoms with Crippen molar-refractivity contribution in [2.24, 2.45) is 0 Å². The third kappa shape index (κ3) is 3.83. The summed E-state index contributed by atoms with van der Waals surface area (Å²) in [6, 6.07) is 2.33. The van der Waals surface area contributed by atoms with Crippen LogP contribution < -0.4 is 15.8 Å². The number of nitrogens with one attached hydrogen (secondary N) is 1. The fraction of sp³-hybridized carbons (Fsp3) is 0.733. The first-order valence-electron chi connectivity index (χ1n) is 7.96. The Balaban J connectivity index is 1.54. The number of anilines is 1. The minimum Gasteiger partial charge on any atom is -0.378 e. The third-order valence-corrected chi connectivity index (χ3v) is 4.32. The molecule has 6 heteroatoms. The van der Waals surface area contributed by atoms with Crippen molar-refractivity contribution in [1.29, 1.82) is 0 Å². The fourth-order valence-electron chi connectivity index (χ4n) is 3.08. The first-order valence-corrected chi connectivity index (χ1v) is 7.96. The maximum Gasteiger partial charge on any atom is 0.268 e. The van der Waals surface area contributed by atoms with Crippen molar-refractivity contribution in [2.45, 2.75) is 38.3 Å². The lowest BCUT2D eigenvalue weighted by atomic mass is 10.1. The lowest BCUT2D eigenvalue weighted by Gasteiger charge is -2.28. The predicted molar refractivity (Wildman–Crippen MR) is 81.8 cm³/mol. The van der Waals surface area contributed by atoms with E-state index in [4.69, 9.17) is 4.74 Å². The predicted octanol–water partition coefficient (Wildman–Crippen LogP) is 0.612. The lowest BCUT2D eigenvalue weighted by Crippen LogP contribution is -2.37. The van der Waals surface area contributed by atoms with Crippen LogP contribution >= 0.6 is 0 Å². The molecule has 2 saturated heterocycles. The van der Waals surface area contributed by atoms with Crippen LogP contribution in [0.15, 0.2) is 17.1 Å². The van der Waals surface area contributed by atoms with Gasteiger partial charge in [-0.1, -0.05) is 0 Å². The van der Waals surface area contributed by atoms with Gasteiger partial charge in [0.25, 0.3) is 5.56 Å². The second kappa shape index (κ2) is 7.04. The number of ether oxygens (including phenoxy) is 1. The van der Waals surface area contributed by atoms with Crippen molar-refractivity contribution in [3.05, 3.63) is 22.6 Å². The summed E-state index contributed by atoms with van der Waals surface area (Å²) >= 11 is 0. The topological polar surface area (TPSA) is 59.4 Å². The van der Waals surface area contributed by atoms with Gasteiger partial charge in [-0.15, -0.1) is 0 Å². The number of rotatable bonds is 5. The zero-order valence-corrected chi connectivity index (χ0v) is 12.5. The minimum atomic E-state index is -0.00151. The molecule has 0 spiro atoms. The molecule has 21 heavy (non-hydrogen) atoms. The molecule has 2 fully saturated rings. The molecule has 2 aliphatic heterocycles. The molecule has 0 radical (unpaired) electrons. The summed E-state index contributed by atoms with van der Waals surface area (Å²) in [6.07, 6.45) is 6.47. The van der Waals surface area contributed by atoms with Gasteiger partial charge in [0.15, 0.2) is 0 Å². The molecule has 6 nitrogen and oxygen atoms in total. The fourth-order valence-corrected chi connectivity index (χ4v) is 3.08. The zero-order valence-electron chi connectivity index (χ0n) is 12.5. The van der Waals surface area contributed by atoms with Gasteiger partial charge in [-0.25, -0.2) is 4.68 Å². The van der Waals surface area contributed by atoms with Crippen LogP contribution in [0, 0.1) is 0 Å². The summed E-state index contributed by atoms with van der Waals surface area (Å²) in [4.78, 5) is 14.3. The molecule has 0 amide bonds. The first kappa shape index (κ1) is 14.5. The van der Waals surface area contributed by atoms with E-state index < -0.39 is 0 Å². The summed E-state index contributed by atoms with van der Waals surface area (Å²) in [5, 5.41) is 7.80. The van der Waals surface area contributed by atoms with E-state index in [9.17, 15) is 4.79 Å². The van der Waals surface area contributed by atoms with Crippen LogP contribution in [0.1, 0.15) is 25.7 Å². The molecular weight excluding hydrogens is 268 g/mol. The molecule has 3 rings (SSSR count). The molecule has 0 bridgehead atoms. The van der Waals surface area contributed by atoms with Gasteiger partial charge < -0.3 is 15.0 Å². The highest BCUT2D eigenvalue weighted by molar-refractivity contribution is 5.43. The monoisotopic (exact) mass is 292 g/mol. The summed E-state index contributed by atoms with van der Waals surface area (Å²) in [5.41, 5.74) is 0.912. The second-order valence-electron chi connectivity index (χ2n) is 5.81. The van der Waals surface area contributed by atoms with Crippen molar-refractivity contribution in [1.82, 2.24) is 15.1 Å². The number of hydrogen-bond acceptors (Lipinski definition) is 5. The van der Waals surface area contributed by atoms with E-state index in [1.807, 2.05) is 0 Å². The highest BCUT2D eigenvalue weighted by Gasteiger charge is 2.14. The smallest absolute Gasteiger partial charge is 0.268 e. The maximum absolute atomic E-state index is 12.1. The summed E-state index contributed by atoms with van der Waals surface area (Å²) in [7, 11) is 0. The van der Waals surface area contributed by atoms with Gasteiger partial charge in [-0.05, 0) is 32.2 Å². The Hall–Kier alpha value is -1.40. The van der Waals surface area contributed by atoms with Crippen LogP contribution in [0.5, 0.6) is 0 Å². The molecule has 116 valence electrons. The van der Waals surface area contributed by atoms with Crippen LogP contribution in [0.25, 0.3) is 0 Å². The van der Waals surface area contributed by atoms with E-state index >= 15 is 0 Å².